The summed E-state index contributed by atoms with van der Waals surface area (Å²) in [5.41, 5.74) is 5.78. The molecule has 2 aromatic rings. The van der Waals surface area contributed by atoms with Gasteiger partial charge in [0.25, 0.3) is 5.91 Å². The summed E-state index contributed by atoms with van der Waals surface area (Å²) in [6.07, 6.45) is 2.90. The van der Waals surface area contributed by atoms with Crippen molar-refractivity contribution < 1.29 is 9.59 Å². The van der Waals surface area contributed by atoms with Crippen molar-refractivity contribution in [3.05, 3.63) is 58.7 Å². The molecule has 0 spiro atoms. The van der Waals surface area contributed by atoms with Crippen LogP contribution in [-0.2, 0) is 11.2 Å². The summed E-state index contributed by atoms with van der Waals surface area (Å²) >= 11 is 0. The fourth-order valence-electron chi connectivity index (χ4n) is 3.32. The molecule has 1 N–H and O–H groups in total. The Morgan fingerprint density at radius 3 is 2.56 bits per heavy atom. The van der Waals surface area contributed by atoms with Gasteiger partial charge >= 0.3 is 0 Å². The molecule has 0 bridgehead atoms. The molecular formula is C21H22N2O2. The number of benzene rings is 2. The normalized spacial score (nSPS) is 15.8. The molecule has 0 atom stereocenters. The molecular weight excluding hydrogens is 312 g/mol. The highest BCUT2D eigenvalue weighted by molar-refractivity contribution is 6.05. The van der Waals surface area contributed by atoms with E-state index in [1.54, 1.807) is 0 Å². The van der Waals surface area contributed by atoms with Crippen LogP contribution in [0.1, 0.15) is 39.9 Å². The van der Waals surface area contributed by atoms with E-state index >= 15 is 0 Å². The van der Waals surface area contributed by atoms with Gasteiger partial charge in [0.05, 0.1) is 0 Å². The molecule has 1 heterocycles. The molecule has 0 saturated heterocycles. The van der Waals surface area contributed by atoms with E-state index in [2.05, 4.69) is 5.32 Å². The van der Waals surface area contributed by atoms with E-state index in [9.17, 15) is 9.59 Å². The summed E-state index contributed by atoms with van der Waals surface area (Å²) in [5.74, 6) is 0.317. The Labute approximate surface area is 147 Å². The zero-order valence-electron chi connectivity index (χ0n) is 14.6. The zero-order valence-corrected chi connectivity index (χ0v) is 14.6. The quantitative estimate of drug-likeness (QED) is 0.927. The highest BCUT2D eigenvalue weighted by atomic mass is 16.2. The molecule has 0 radical (unpaired) electrons. The van der Waals surface area contributed by atoms with Crippen molar-refractivity contribution in [3.63, 3.8) is 0 Å². The van der Waals surface area contributed by atoms with E-state index in [4.69, 9.17) is 0 Å². The van der Waals surface area contributed by atoms with Crippen molar-refractivity contribution in [2.75, 3.05) is 16.8 Å². The van der Waals surface area contributed by atoms with Gasteiger partial charge in [0.2, 0.25) is 5.91 Å². The van der Waals surface area contributed by atoms with Crippen molar-refractivity contribution in [3.8, 4) is 0 Å². The molecule has 4 nitrogen and oxygen atoms in total. The number of hydrogen-bond donors (Lipinski definition) is 1. The van der Waals surface area contributed by atoms with Crippen molar-refractivity contribution in [1.29, 1.82) is 0 Å². The second-order valence-corrected chi connectivity index (χ2v) is 7.11. The predicted molar refractivity (Wildman–Crippen MR) is 99.1 cm³/mol. The minimum absolute atomic E-state index is 0.124. The average Bonchev–Trinajstić information content (AvgIpc) is 3.36. The molecule has 4 rings (SSSR count). The topological polar surface area (TPSA) is 49.4 Å². The number of carbonyl (C=O) groups excluding carboxylic acids is 2. The van der Waals surface area contributed by atoms with Crippen LogP contribution in [0.4, 0.5) is 11.4 Å². The molecule has 2 amide bonds. The van der Waals surface area contributed by atoms with E-state index in [-0.39, 0.29) is 17.7 Å². The van der Waals surface area contributed by atoms with Crippen molar-refractivity contribution in [2.24, 2.45) is 5.92 Å². The molecule has 25 heavy (non-hydrogen) atoms. The van der Waals surface area contributed by atoms with Gasteiger partial charge < -0.3 is 10.2 Å². The fraction of sp³-hybridized carbons (Fsp3) is 0.333. The SMILES string of the molecule is Cc1ccc(C(=O)Nc2ccc3c(c2)N(C(=O)C2CC2)CC3)cc1C. The first-order chi connectivity index (χ1) is 12.0. The maximum atomic E-state index is 12.5. The first-order valence-electron chi connectivity index (χ1n) is 8.86. The fourth-order valence-corrected chi connectivity index (χ4v) is 3.32. The minimum Gasteiger partial charge on any atom is -0.322 e. The maximum Gasteiger partial charge on any atom is 0.255 e. The number of fused-ring (bicyclic) bond motifs is 1. The van der Waals surface area contributed by atoms with Gasteiger partial charge in [0.1, 0.15) is 0 Å². The first kappa shape index (κ1) is 15.9. The lowest BCUT2D eigenvalue weighted by molar-refractivity contribution is -0.119. The molecule has 2 aliphatic rings. The molecule has 1 fully saturated rings. The van der Waals surface area contributed by atoms with Gasteiger partial charge in [-0.05, 0) is 74.1 Å². The standard InChI is InChI=1S/C21H22N2O2/c1-13-3-4-17(11-14(13)2)20(24)22-18-8-7-15-9-10-23(19(15)12-18)21(25)16-5-6-16/h3-4,7-8,11-12,16H,5-6,9-10H2,1-2H3,(H,22,24). The third-order valence-electron chi connectivity index (χ3n) is 5.20. The van der Waals surface area contributed by atoms with Gasteiger partial charge in [0.15, 0.2) is 0 Å². The van der Waals surface area contributed by atoms with Crippen LogP contribution in [0.25, 0.3) is 0 Å². The number of anilines is 2. The molecule has 128 valence electrons. The lowest BCUT2D eigenvalue weighted by Crippen LogP contribution is -2.30. The Morgan fingerprint density at radius 1 is 1.04 bits per heavy atom. The number of aryl methyl sites for hydroxylation is 2. The molecule has 4 heteroatoms. The Hall–Kier alpha value is -2.62. The Bertz CT molecular complexity index is 868. The highest BCUT2D eigenvalue weighted by Gasteiger charge is 2.36. The largest absolute Gasteiger partial charge is 0.322 e. The minimum atomic E-state index is -0.124. The molecule has 0 unspecified atom stereocenters. The first-order valence-corrected chi connectivity index (χ1v) is 8.86. The molecule has 0 aromatic heterocycles. The van der Waals surface area contributed by atoms with Crippen molar-refractivity contribution >= 4 is 23.2 Å². The number of amides is 2. The molecule has 2 aromatic carbocycles. The van der Waals surface area contributed by atoms with Crippen LogP contribution in [0, 0.1) is 19.8 Å². The van der Waals surface area contributed by atoms with E-state index in [1.807, 2.05) is 55.1 Å². The number of nitrogens with zero attached hydrogens (tertiary/aromatic N) is 1. The zero-order chi connectivity index (χ0) is 17.6. The van der Waals surface area contributed by atoms with E-state index in [0.29, 0.717) is 5.56 Å². The summed E-state index contributed by atoms with van der Waals surface area (Å²) in [7, 11) is 0. The van der Waals surface area contributed by atoms with Gasteiger partial charge in [-0.15, -0.1) is 0 Å². The second-order valence-electron chi connectivity index (χ2n) is 7.11. The Kier molecular flexibility index (Phi) is 3.83. The number of carbonyl (C=O) groups is 2. The molecule has 1 aliphatic carbocycles. The monoisotopic (exact) mass is 334 g/mol. The lowest BCUT2D eigenvalue weighted by Gasteiger charge is -2.18. The number of rotatable bonds is 3. The van der Waals surface area contributed by atoms with Crippen LogP contribution in [0.5, 0.6) is 0 Å². The predicted octanol–water partition coefficient (Wildman–Crippen LogP) is 3.85. The second kappa shape index (κ2) is 6.03. The van der Waals surface area contributed by atoms with Crippen LogP contribution in [0.3, 0.4) is 0 Å². The van der Waals surface area contributed by atoms with Crippen LogP contribution >= 0.6 is 0 Å². The van der Waals surface area contributed by atoms with Gasteiger partial charge in [-0.2, -0.15) is 0 Å². The lowest BCUT2D eigenvalue weighted by atomic mass is 10.1. The Balaban J connectivity index is 1.55. The summed E-state index contributed by atoms with van der Waals surface area (Å²) in [6.45, 7) is 4.78. The number of nitrogens with one attached hydrogen (secondary N) is 1. The third kappa shape index (κ3) is 3.04. The van der Waals surface area contributed by atoms with Gasteiger partial charge in [-0.1, -0.05) is 12.1 Å². The summed E-state index contributed by atoms with van der Waals surface area (Å²) in [6, 6.07) is 11.6. The Morgan fingerprint density at radius 2 is 1.84 bits per heavy atom. The van der Waals surface area contributed by atoms with E-state index in [0.717, 1.165) is 42.7 Å². The molecule has 1 saturated carbocycles. The average molecular weight is 334 g/mol. The van der Waals surface area contributed by atoms with Gasteiger partial charge in [-0.3, -0.25) is 9.59 Å². The van der Waals surface area contributed by atoms with Gasteiger partial charge in [0, 0.05) is 29.4 Å². The van der Waals surface area contributed by atoms with Crippen LogP contribution in [0.15, 0.2) is 36.4 Å². The highest BCUT2D eigenvalue weighted by Crippen LogP contribution is 2.37. The van der Waals surface area contributed by atoms with E-state index < -0.39 is 0 Å². The number of hydrogen-bond acceptors (Lipinski definition) is 2. The summed E-state index contributed by atoms with van der Waals surface area (Å²) in [4.78, 5) is 26.8. The van der Waals surface area contributed by atoms with Gasteiger partial charge in [-0.25, -0.2) is 0 Å². The van der Waals surface area contributed by atoms with E-state index in [1.165, 1.54) is 11.1 Å². The molecule has 1 aliphatic heterocycles. The van der Waals surface area contributed by atoms with Crippen LogP contribution < -0.4 is 10.2 Å². The third-order valence-corrected chi connectivity index (χ3v) is 5.20. The van der Waals surface area contributed by atoms with Crippen LogP contribution in [0.2, 0.25) is 0 Å². The van der Waals surface area contributed by atoms with Crippen LogP contribution in [-0.4, -0.2) is 18.4 Å². The summed E-state index contributed by atoms with van der Waals surface area (Å²) in [5, 5.41) is 2.96. The van der Waals surface area contributed by atoms with Crippen molar-refractivity contribution in [1.82, 2.24) is 0 Å². The summed E-state index contributed by atoms with van der Waals surface area (Å²) < 4.78 is 0. The maximum absolute atomic E-state index is 12.5. The van der Waals surface area contributed by atoms with Crippen molar-refractivity contribution in [2.45, 2.75) is 33.1 Å². The smallest absolute Gasteiger partial charge is 0.255 e.